The lowest BCUT2D eigenvalue weighted by molar-refractivity contribution is 0.102. The molecule has 5 heteroatoms. The zero-order valence-corrected chi connectivity index (χ0v) is 10.8. The van der Waals surface area contributed by atoms with Crippen LogP contribution < -0.4 is 10.6 Å². The van der Waals surface area contributed by atoms with Crippen LogP contribution in [0.25, 0.3) is 0 Å². The summed E-state index contributed by atoms with van der Waals surface area (Å²) in [5.41, 5.74) is 3.40. The van der Waals surface area contributed by atoms with Crippen molar-refractivity contribution in [1.29, 1.82) is 0 Å². The monoisotopic (exact) mass is 271 g/mol. The fourth-order valence-corrected chi connectivity index (χ4v) is 2.39. The minimum absolute atomic E-state index is 0.183. The number of nitrogens with zero attached hydrogens (tertiary/aromatic N) is 1. The van der Waals surface area contributed by atoms with Gasteiger partial charge in [0, 0.05) is 12.1 Å². The molecule has 3 rings (SSSR count). The van der Waals surface area contributed by atoms with Crippen molar-refractivity contribution in [1.82, 2.24) is 10.3 Å². The van der Waals surface area contributed by atoms with E-state index in [2.05, 4.69) is 15.6 Å². The van der Waals surface area contributed by atoms with Crippen molar-refractivity contribution in [2.45, 2.75) is 13.0 Å². The van der Waals surface area contributed by atoms with E-state index in [0.717, 1.165) is 30.6 Å². The van der Waals surface area contributed by atoms with E-state index >= 15 is 0 Å². The molecule has 0 saturated carbocycles. The summed E-state index contributed by atoms with van der Waals surface area (Å²) in [5.74, 6) is -0.747. The van der Waals surface area contributed by atoms with Gasteiger partial charge in [-0.1, -0.05) is 12.1 Å². The van der Waals surface area contributed by atoms with Gasteiger partial charge in [0.1, 0.15) is 0 Å². The molecule has 0 unspecified atom stereocenters. The molecular formula is C15H14FN3O. The molecule has 0 bridgehead atoms. The van der Waals surface area contributed by atoms with Gasteiger partial charge in [-0.25, -0.2) is 4.98 Å². The molecule has 102 valence electrons. The third kappa shape index (κ3) is 2.53. The molecule has 2 heterocycles. The highest BCUT2D eigenvalue weighted by molar-refractivity contribution is 6.05. The van der Waals surface area contributed by atoms with E-state index in [1.165, 1.54) is 18.3 Å². The Morgan fingerprint density at radius 3 is 3.00 bits per heavy atom. The zero-order valence-electron chi connectivity index (χ0n) is 10.8. The summed E-state index contributed by atoms with van der Waals surface area (Å²) >= 11 is 0. The van der Waals surface area contributed by atoms with Gasteiger partial charge in [-0.3, -0.25) is 4.79 Å². The van der Waals surface area contributed by atoms with E-state index < -0.39 is 5.95 Å². The molecule has 1 aliphatic rings. The Bertz CT molecular complexity index is 640. The van der Waals surface area contributed by atoms with Crippen LogP contribution in [-0.4, -0.2) is 17.4 Å². The number of carbonyl (C=O) groups is 1. The van der Waals surface area contributed by atoms with Crippen LogP contribution in [0.1, 0.15) is 21.5 Å². The van der Waals surface area contributed by atoms with Gasteiger partial charge >= 0.3 is 0 Å². The molecule has 4 nitrogen and oxygen atoms in total. The van der Waals surface area contributed by atoms with Crippen LogP contribution >= 0.6 is 0 Å². The number of fused-ring (bicyclic) bond motifs is 1. The number of amides is 1. The predicted octanol–water partition coefficient (Wildman–Crippen LogP) is 2.12. The van der Waals surface area contributed by atoms with E-state index in [1.54, 1.807) is 0 Å². The van der Waals surface area contributed by atoms with Gasteiger partial charge in [-0.2, -0.15) is 4.39 Å². The van der Waals surface area contributed by atoms with Gasteiger partial charge in [-0.15, -0.1) is 0 Å². The summed E-state index contributed by atoms with van der Waals surface area (Å²) in [7, 11) is 0. The summed E-state index contributed by atoms with van der Waals surface area (Å²) in [4.78, 5) is 15.8. The molecule has 0 atom stereocenters. The molecule has 0 aliphatic carbocycles. The number of carbonyl (C=O) groups excluding carboxylic acids is 1. The second kappa shape index (κ2) is 5.38. The van der Waals surface area contributed by atoms with Crippen LogP contribution in [0.5, 0.6) is 0 Å². The lowest BCUT2D eigenvalue weighted by atomic mass is 9.95. The Balaban J connectivity index is 1.85. The second-order valence-electron chi connectivity index (χ2n) is 4.69. The third-order valence-electron chi connectivity index (χ3n) is 3.37. The molecule has 0 saturated heterocycles. The summed E-state index contributed by atoms with van der Waals surface area (Å²) in [6.45, 7) is 1.66. The van der Waals surface area contributed by atoms with Crippen LogP contribution in [0.15, 0.2) is 36.5 Å². The maximum Gasteiger partial charge on any atom is 0.255 e. The Morgan fingerprint density at radius 2 is 2.20 bits per heavy atom. The minimum atomic E-state index is -0.564. The first-order valence-electron chi connectivity index (χ1n) is 6.48. The fraction of sp³-hybridized carbons (Fsp3) is 0.200. The lowest BCUT2D eigenvalue weighted by Crippen LogP contribution is -2.26. The SMILES string of the molecule is O=C(Nc1ccc(F)nc1)c1cccc2c1CCNC2. The van der Waals surface area contributed by atoms with Gasteiger partial charge < -0.3 is 10.6 Å². The maximum atomic E-state index is 12.7. The fourth-order valence-electron chi connectivity index (χ4n) is 2.39. The predicted molar refractivity (Wildman–Crippen MR) is 74.0 cm³/mol. The summed E-state index contributed by atoms with van der Waals surface area (Å²) in [5, 5.41) is 6.03. The van der Waals surface area contributed by atoms with E-state index in [9.17, 15) is 9.18 Å². The van der Waals surface area contributed by atoms with Gasteiger partial charge in [0.15, 0.2) is 0 Å². The van der Waals surface area contributed by atoms with Crippen LogP contribution in [0.3, 0.4) is 0 Å². The molecule has 20 heavy (non-hydrogen) atoms. The topological polar surface area (TPSA) is 54.0 Å². The normalized spacial score (nSPS) is 13.7. The van der Waals surface area contributed by atoms with Crippen molar-refractivity contribution in [3.8, 4) is 0 Å². The Labute approximate surface area is 116 Å². The number of nitrogens with one attached hydrogen (secondary N) is 2. The maximum absolute atomic E-state index is 12.7. The third-order valence-corrected chi connectivity index (χ3v) is 3.37. The summed E-state index contributed by atoms with van der Waals surface area (Å²) in [6, 6.07) is 8.44. The summed E-state index contributed by atoms with van der Waals surface area (Å²) < 4.78 is 12.7. The van der Waals surface area contributed by atoms with Crippen molar-refractivity contribution in [3.05, 3.63) is 59.2 Å². The largest absolute Gasteiger partial charge is 0.321 e. The molecule has 1 aliphatic heterocycles. The average molecular weight is 271 g/mol. The van der Waals surface area contributed by atoms with Crippen molar-refractivity contribution >= 4 is 11.6 Å². The highest BCUT2D eigenvalue weighted by Crippen LogP contribution is 2.20. The van der Waals surface area contributed by atoms with Crippen LogP contribution in [0.4, 0.5) is 10.1 Å². The highest BCUT2D eigenvalue weighted by atomic mass is 19.1. The average Bonchev–Trinajstić information content (AvgIpc) is 2.49. The number of hydrogen-bond acceptors (Lipinski definition) is 3. The number of aromatic nitrogens is 1. The second-order valence-corrected chi connectivity index (χ2v) is 4.69. The van der Waals surface area contributed by atoms with E-state index in [4.69, 9.17) is 0 Å². The molecule has 1 aromatic heterocycles. The van der Waals surface area contributed by atoms with Crippen molar-refractivity contribution in [3.63, 3.8) is 0 Å². The van der Waals surface area contributed by atoms with Crippen LogP contribution in [0, 0.1) is 5.95 Å². The molecule has 0 spiro atoms. The molecule has 2 N–H and O–H groups in total. The molecule has 0 fully saturated rings. The van der Waals surface area contributed by atoms with Gasteiger partial charge in [0.05, 0.1) is 11.9 Å². The Morgan fingerprint density at radius 1 is 1.30 bits per heavy atom. The molecule has 0 radical (unpaired) electrons. The van der Waals surface area contributed by atoms with Gasteiger partial charge in [0.2, 0.25) is 5.95 Å². The highest BCUT2D eigenvalue weighted by Gasteiger charge is 2.17. The smallest absolute Gasteiger partial charge is 0.255 e. The number of pyridine rings is 1. The van der Waals surface area contributed by atoms with Gasteiger partial charge in [0.25, 0.3) is 5.91 Å². The first kappa shape index (κ1) is 12.7. The van der Waals surface area contributed by atoms with Crippen LogP contribution in [0.2, 0.25) is 0 Å². The molecule has 2 aromatic rings. The van der Waals surface area contributed by atoms with E-state index in [0.29, 0.717) is 11.3 Å². The summed E-state index contributed by atoms with van der Waals surface area (Å²) in [6.07, 6.45) is 2.14. The Kier molecular flexibility index (Phi) is 3.43. The Hall–Kier alpha value is -2.27. The number of halogens is 1. The first-order chi connectivity index (χ1) is 9.74. The number of hydrogen-bond donors (Lipinski definition) is 2. The van der Waals surface area contributed by atoms with Crippen LogP contribution in [-0.2, 0) is 13.0 Å². The van der Waals surface area contributed by atoms with Crippen molar-refractivity contribution < 1.29 is 9.18 Å². The van der Waals surface area contributed by atoms with Crippen molar-refractivity contribution in [2.24, 2.45) is 0 Å². The lowest BCUT2D eigenvalue weighted by Gasteiger charge is -2.19. The number of rotatable bonds is 2. The van der Waals surface area contributed by atoms with E-state index in [-0.39, 0.29) is 5.91 Å². The van der Waals surface area contributed by atoms with Gasteiger partial charge in [-0.05, 0) is 42.3 Å². The standard InChI is InChI=1S/C15H14FN3O/c16-14-5-4-11(9-18-14)19-15(20)13-3-1-2-10-8-17-7-6-12(10)13/h1-5,9,17H,6-8H2,(H,19,20). The quantitative estimate of drug-likeness (QED) is 0.823. The molecule has 1 aromatic carbocycles. The number of benzene rings is 1. The zero-order chi connectivity index (χ0) is 13.9. The van der Waals surface area contributed by atoms with E-state index in [1.807, 2.05) is 18.2 Å². The van der Waals surface area contributed by atoms with Crippen molar-refractivity contribution in [2.75, 3.05) is 11.9 Å². The minimum Gasteiger partial charge on any atom is -0.321 e. The molecule has 1 amide bonds. The number of anilines is 1. The first-order valence-corrected chi connectivity index (χ1v) is 6.48. The molecular weight excluding hydrogens is 257 g/mol.